The summed E-state index contributed by atoms with van der Waals surface area (Å²) in [4.78, 5) is 4.04. The van der Waals surface area contributed by atoms with Crippen LogP contribution in [0.3, 0.4) is 0 Å². The normalized spacial score (nSPS) is 17.3. The summed E-state index contributed by atoms with van der Waals surface area (Å²) in [7, 11) is 0. The second-order valence-electron chi connectivity index (χ2n) is 4.04. The molecule has 0 spiro atoms. The Bertz CT molecular complexity index is 567. The molecule has 3 rings (SSSR count). The quantitative estimate of drug-likeness (QED) is 0.884. The van der Waals surface area contributed by atoms with Gasteiger partial charge in [-0.1, -0.05) is 5.16 Å². The lowest BCUT2D eigenvalue weighted by atomic mass is 10.1. The average molecular weight is 248 g/mol. The molecule has 0 fully saturated rings. The van der Waals surface area contributed by atoms with Crippen molar-refractivity contribution >= 4 is 0 Å². The maximum absolute atomic E-state index is 9.58. The first-order valence-corrected chi connectivity index (χ1v) is 5.59. The second kappa shape index (κ2) is 4.30. The highest BCUT2D eigenvalue weighted by Crippen LogP contribution is 2.35. The van der Waals surface area contributed by atoms with Gasteiger partial charge >= 0.3 is 0 Å². The number of aliphatic hydroxyl groups is 1. The molecule has 1 aromatic heterocycles. The van der Waals surface area contributed by atoms with E-state index in [9.17, 15) is 5.11 Å². The van der Waals surface area contributed by atoms with Crippen LogP contribution >= 0.6 is 0 Å². The summed E-state index contributed by atoms with van der Waals surface area (Å²) in [5, 5.41) is 13.3. The summed E-state index contributed by atoms with van der Waals surface area (Å²) in [6, 6.07) is 5.33. The van der Waals surface area contributed by atoms with Crippen LogP contribution in [0.15, 0.2) is 22.7 Å². The molecule has 2 aromatic rings. The lowest BCUT2D eigenvalue weighted by Gasteiger charge is -2.05. The standard InChI is InChI=1S/C12H12N2O4/c1-7-13-12(14-18-7)6-16-8-2-3-9-10(15)5-17-11(9)4-8/h2-4,10,15H,5-6H2,1H3. The van der Waals surface area contributed by atoms with Crippen molar-refractivity contribution in [3.63, 3.8) is 0 Å². The van der Waals surface area contributed by atoms with E-state index in [0.29, 0.717) is 29.8 Å². The van der Waals surface area contributed by atoms with Crippen molar-refractivity contribution < 1.29 is 19.1 Å². The van der Waals surface area contributed by atoms with Crippen LogP contribution in [0.1, 0.15) is 23.4 Å². The first-order valence-electron chi connectivity index (χ1n) is 5.59. The summed E-state index contributed by atoms with van der Waals surface area (Å²) in [5.74, 6) is 2.30. The number of rotatable bonds is 3. The van der Waals surface area contributed by atoms with Gasteiger partial charge in [-0.25, -0.2) is 0 Å². The maximum Gasteiger partial charge on any atom is 0.223 e. The van der Waals surface area contributed by atoms with E-state index in [1.54, 1.807) is 25.1 Å². The van der Waals surface area contributed by atoms with Gasteiger partial charge < -0.3 is 19.1 Å². The van der Waals surface area contributed by atoms with Crippen molar-refractivity contribution in [1.82, 2.24) is 10.1 Å². The molecular weight excluding hydrogens is 236 g/mol. The number of ether oxygens (including phenoxy) is 2. The predicted molar refractivity (Wildman–Crippen MR) is 60.3 cm³/mol. The van der Waals surface area contributed by atoms with Gasteiger partial charge in [0.25, 0.3) is 0 Å². The van der Waals surface area contributed by atoms with E-state index in [1.807, 2.05) is 0 Å². The molecule has 1 atom stereocenters. The molecule has 1 aliphatic heterocycles. The van der Waals surface area contributed by atoms with Crippen LogP contribution in [0, 0.1) is 6.92 Å². The zero-order chi connectivity index (χ0) is 12.5. The van der Waals surface area contributed by atoms with Gasteiger partial charge in [-0.15, -0.1) is 0 Å². The van der Waals surface area contributed by atoms with E-state index < -0.39 is 6.10 Å². The Balaban J connectivity index is 1.70. The zero-order valence-corrected chi connectivity index (χ0v) is 9.79. The Morgan fingerprint density at radius 2 is 2.39 bits per heavy atom. The molecule has 0 bridgehead atoms. The van der Waals surface area contributed by atoms with Crippen LogP contribution in [-0.2, 0) is 6.61 Å². The molecule has 1 N–H and O–H groups in total. The first kappa shape index (κ1) is 11.0. The maximum atomic E-state index is 9.58. The van der Waals surface area contributed by atoms with Crippen LogP contribution in [0.4, 0.5) is 0 Å². The Labute approximate surface area is 103 Å². The van der Waals surface area contributed by atoms with Gasteiger partial charge in [-0.3, -0.25) is 0 Å². The van der Waals surface area contributed by atoms with Crippen LogP contribution in [0.25, 0.3) is 0 Å². The molecule has 0 amide bonds. The summed E-state index contributed by atoms with van der Waals surface area (Å²) in [5.41, 5.74) is 0.790. The van der Waals surface area contributed by atoms with Gasteiger partial charge in [0.2, 0.25) is 11.7 Å². The van der Waals surface area contributed by atoms with Crippen LogP contribution < -0.4 is 9.47 Å². The van der Waals surface area contributed by atoms with Crippen molar-refractivity contribution in [2.75, 3.05) is 6.61 Å². The molecule has 6 heteroatoms. The molecule has 0 radical (unpaired) electrons. The third-order valence-corrected chi connectivity index (χ3v) is 2.68. The predicted octanol–water partition coefficient (Wildman–Crippen LogP) is 1.38. The minimum atomic E-state index is -0.547. The fourth-order valence-corrected chi connectivity index (χ4v) is 1.81. The molecule has 0 saturated heterocycles. The highest BCUT2D eigenvalue weighted by Gasteiger charge is 2.22. The Kier molecular flexibility index (Phi) is 2.64. The average Bonchev–Trinajstić information content (AvgIpc) is 2.94. The van der Waals surface area contributed by atoms with E-state index in [0.717, 1.165) is 5.56 Å². The van der Waals surface area contributed by atoms with Crippen LogP contribution in [0.5, 0.6) is 11.5 Å². The van der Waals surface area contributed by atoms with Gasteiger partial charge in [0.15, 0.2) is 6.61 Å². The molecule has 94 valence electrons. The number of aromatic nitrogens is 2. The highest BCUT2D eigenvalue weighted by molar-refractivity contribution is 5.44. The number of hydrogen-bond donors (Lipinski definition) is 1. The number of benzene rings is 1. The zero-order valence-electron chi connectivity index (χ0n) is 9.79. The molecule has 0 aliphatic carbocycles. The molecule has 1 aliphatic rings. The van der Waals surface area contributed by atoms with E-state index >= 15 is 0 Å². The number of aryl methyl sites for hydroxylation is 1. The topological polar surface area (TPSA) is 77.6 Å². The number of nitrogens with zero attached hydrogens (tertiary/aromatic N) is 2. The minimum absolute atomic E-state index is 0.235. The lowest BCUT2D eigenvalue weighted by Crippen LogP contribution is -1.98. The molecule has 18 heavy (non-hydrogen) atoms. The fourth-order valence-electron chi connectivity index (χ4n) is 1.81. The van der Waals surface area contributed by atoms with E-state index in [2.05, 4.69) is 10.1 Å². The van der Waals surface area contributed by atoms with Gasteiger partial charge in [0, 0.05) is 18.6 Å². The van der Waals surface area contributed by atoms with Crippen molar-refractivity contribution in [2.24, 2.45) is 0 Å². The minimum Gasteiger partial charge on any atom is -0.490 e. The summed E-state index contributed by atoms with van der Waals surface area (Å²) in [6.45, 7) is 2.25. The fraction of sp³-hybridized carbons (Fsp3) is 0.333. The monoisotopic (exact) mass is 248 g/mol. The van der Waals surface area contributed by atoms with E-state index in [1.165, 1.54) is 0 Å². The third kappa shape index (κ3) is 2.02. The molecule has 1 unspecified atom stereocenters. The van der Waals surface area contributed by atoms with Crippen LogP contribution in [-0.4, -0.2) is 21.9 Å². The smallest absolute Gasteiger partial charge is 0.223 e. The Morgan fingerprint density at radius 1 is 1.50 bits per heavy atom. The van der Waals surface area contributed by atoms with Crippen molar-refractivity contribution in [2.45, 2.75) is 19.6 Å². The van der Waals surface area contributed by atoms with Crippen molar-refractivity contribution in [3.8, 4) is 11.5 Å². The van der Waals surface area contributed by atoms with E-state index in [-0.39, 0.29) is 6.61 Å². The molecule has 1 aromatic carbocycles. The first-order chi connectivity index (χ1) is 8.72. The summed E-state index contributed by atoms with van der Waals surface area (Å²) < 4.78 is 15.7. The lowest BCUT2D eigenvalue weighted by molar-refractivity contribution is 0.140. The number of aliphatic hydroxyl groups excluding tert-OH is 1. The second-order valence-corrected chi connectivity index (χ2v) is 4.04. The molecular formula is C12H12N2O4. The van der Waals surface area contributed by atoms with Crippen LogP contribution in [0.2, 0.25) is 0 Å². The van der Waals surface area contributed by atoms with Gasteiger partial charge in [-0.05, 0) is 12.1 Å². The largest absolute Gasteiger partial charge is 0.490 e. The Morgan fingerprint density at radius 3 is 3.17 bits per heavy atom. The molecule has 6 nitrogen and oxygen atoms in total. The Hall–Kier alpha value is -2.08. The van der Waals surface area contributed by atoms with Gasteiger partial charge in [-0.2, -0.15) is 4.98 Å². The van der Waals surface area contributed by atoms with Crippen molar-refractivity contribution in [1.29, 1.82) is 0 Å². The van der Waals surface area contributed by atoms with Gasteiger partial charge in [0.1, 0.15) is 24.2 Å². The molecule has 2 heterocycles. The van der Waals surface area contributed by atoms with E-state index in [4.69, 9.17) is 14.0 Å². The number of hydrogen-bond acceptors (Lipinski definition) is 6. The third-order valence-electron chi connectivity index (χ3n) is 2.68. The highest BCUT2D eigenvalue weighted by atomic mass is 16.5. The summed E-state index contributed by atoms with van der Waals surface area (Å²) in [6.07, 6.45) is -0.547. The molecule has 0 saturated carbocycles. The SMILES string of the molecule is Cc1nc(COc2ccc3c(c2)OCC3O)no1. The summed E-state index contributed by atoms with van der Waals surface area (Å²) >= 11 is 0. The van der Waals surface area contributed by atoms with Gasteiger partial charge in [0.05, 0.1) is 0 Å². The van der Waals surface area contributed by atoms with Crippen molar-refractivity contribution in [3.05, 3.63) is 35.5 Å². The number of fused-ring (bicyclic) bond motifs is 1.